The highest BCUT2D eigenvalue weighted by Gasteiger charge is 2.28. The zero-order valence-electron chi connectivity index (χ0n) is 16.9. The van der Waals surface area contributed by atoms with Gasteiger partial charge in [0, 0.05) is 37.4 Å². The lowest BCUT2D eigenvalue weighted by Crippen LogP contribution is -2.23. The van der Waals surface area contributed by atoms with E-state index in [1.165, 1.54) is 11.3 Å². The minimum Gasteiger partial charge on any atom is -0.360 e. The van der Waals surface area contributed by atoms with Crippen LogP contribution < -0.4 is 0 Å². The number of benzene rings is 1. The van der Waals surface area contributed by atoms with Crippen LogP contribution in [0.2, 0.25) is 0 Å². The third kappa shape index (κ3) is 3.66. The average Bonchev–Trinajstić information content (AvgIpc) is 3.51. The fourth-order valence-corrected chi connectivity index (χ4v) is 4.72. The van der Waals surface area contributed by atoms with E-state index in [1.54, 1.807) is 23.3 Å². The number of hydrogen-bond acceptors (Lipinski definition) is 6. The molecule has 0 spiro atoms. The number of Topliss-reactive ketones (excluding diaryl/α,β-unsaturated/α-hetero) is 1. The molecule has 0 aliphatic carbocycles. The quantitative estimate of drug-likeness (QED) is 0.351. The second kappa shape index (κ2) is 7.89. The summed E-state index contributed by atoms with van der Waals surface area (Å²) in [6.45, 7) is 7.87. The topological polar surface area (TPSA) is 82.9 Å². The predicted octanol–water partition coefficient (Wildman–Crippen LogP) is 4.19. The average molecular weight is 430 g/mol. The molecule has 0 amide bonds. The van der Waals surface area contributed by atoms with Crippen molar-refractivity contribution in [3.63, 3.8) is 0 Å². The number of nitrogens with zero attached hydrogens (tertiary/aromatic N) is 7. The number of carbonyl (C=O) groups excluding carboxylic acids is 1. The number of aromatic nitrogens is 6. The summed E-state index contributed by atoms with van der Waals surface area (Å²) in [5, 5.41) is 11.3. The number of rotatable bonds is 5. The highest BCUT2D eigenvalue weighted by Crippen LogP contribution is 2.32. The molecule has 0 radical (unpaired) electrons. The molecule has 5 rings (SSSR count). The highest BCUT2D eigenvalue weighted by molar-refractivity contribution is 7.13. The maximum atomic E-state index is 13.2. The van der Waals surface area contributed by atoms with Gasteiger partial charge < -0.3 is 4.85 Å². The summed E-state index contributed by atoms with van der Waals surface area (Å²) in [5.41, 5.74) is 2.24. The monoisotopic (exact) mass is 429 g/mol. The number of aryl methyl sites for hydroxylation is 2. The molecule has 0 bridgehead atoms. The molecule has 0 saturated heterocycles. The van der Waals surface area contributed by atoms with Crippen molar-refractivity contribution in [1.82, 2.24) is 29.5 Å². The molecule has 1 aliphatic rings. The molecule has 0 N–H and O–H groups in total. The molecular formula is C22H19N7OS. The Labute approximate surface area is 183 Å². The van der Waals surface area contributed by atoms with Crippen LogP contribution in [0, 0.1) is 12.5 Å². The normalized spacial score (nSPS) is 15.4. The van der Waals surface area contributed by atoms with Crippen LogP contribution in [0.5, 0.6) is 0 Å². The Morgan fingerprint density at radius 1 is 1.29 bits per heavy atom. The molecule has 0 saturated carbocycles. The number of hydrogen-bond donors (Lipinski definition) is 0. The third-order valence-corrected chi connectivity index (χ3v) is 6.38. The van der Waals surface area contributed by atoms with Gasteiger partial charge in [0.05, 0.1) is 11.8 Å². The van der Waals surface area contributed by atoms with Crippen LogP contribution in [0.1, 0.15) is 29.2 Å². The molecule has 1 aliphatic heterocycles. The Hall–Kier alpha value is -3.64. The second-order valence-electron chi connectivity index (χ2n) is 7.58. The maximum Gasteiger partial charge on any atom is 0.281 e. The lowest BCUT2D eigenvalue weighted by atomic mass is 9.91. The molecule has 3 aromatic heterocycles. The molecule has 0 fully saturated rings. The maximum absolute atomic E-state index is 13.2. The van der Waals surface area contributed by atoms with Gasteiger partial charge in [0.2, 0.25) is 5.01 Å². The lowest BCUT2D eigenvalue weighted by molar-refractivity contribution is 0.0944. The van der Waals surface area contributed by atoms with Gasteiger partial charge in [-0.1, -0.05) is 36.9 Å². The van der Waals surface area contributed by atoms with Gasteiger partial charge in [-0.25, -0.2) is 9.67 Å². The van der Waals surface area contributed by atoms with Gasteiger partial charge in [-0.3, -0.25) is 9.48 Å². The number of thiazole rings is 1. The van der Waals surface area contributed by atoms with Gasteiger partial charge in [-0.2, -0.15) is 10.2 Å². The van der Waals surface area contributed by atoms with Crippen LogP contribution >= 0.6 is 11.3 Å². The van der Waals surface area contributed by atoms with Crippen LogP contribution in [0.15, 0.2) is 41.9 Å². The Morgan fingerprint density at radius 3 is 2.90 bits per heavy atom. The van der Waals surface area contributed by atoms with Gasteiger partial charge in [-0.15, -0.1) is 16.3 Å². The zero-order valence-corrected chi connectivity index (χ0v) is 17.7. The van der Waals surface area contributed by atoms with Crippen molar-refractivity contribution < 1.29 is 4.79 Å². The van der Waals surface area contributed by atoms with E-state index in [0.717, 1.165) is 36.6 Å². The van der Waals surface area contributed by atoms with Crippen molar-refractivity contribution in [1.29, 1.82) is 0 Å². The van der Waals surface area contributed by atoms with Gasteiger partial charge >= 0.3 is 0 Å². The summed E-state index contributed by atoms with van der Waals surface area (Å²) in [4.78, 5) is 25.6. The van der Waals surface area contributed by atoms with Crippen molar-refractivity contribution in [3.8, 4) is 22.0 Å². The van der Waals surface area contributed by atoms with E-state index in [0.29, 0.717) is 28.5 Å². The van der Waals surface area contributed by atoms with Crippen molar-refractivity contribution in [2.24, 2.45) is 13.0 Å². The molecule has 154 valence electrons. The van der Waals surface area contributed by atoms with Crippen LogP contribution in [-0.4, -0.2) is 35.3 Å². The van der Waals surface area contributed by atoms with Crippen LogP contribution in [0.25, 0.3) is 26.8 Å². The van der Waals surface area contributed by atoms with Gasteiger partial charge in [0.1, 0.15) is 11.5 Å². The third-order valence-electron chi connectivity index (χ3n) is 5.51. The molecule has 1 aromatic carbocycles. The minimum atomic E-state index is 0.0378. The largest absolute Gasteiger partial charge is 0.360 e. The number of fused-ring (bicyclic) bond motifs is 1. The molecule has 1 atom stereocenters. The Kier molecular flexibility index (Phi) is 4.92. The first-order valence-corrected chi connectivity index (χ1v) is 10.9. The minimum absolute atomic E-state index is 0.0378. The van der Waals surface area contributed by atoms with Gasteiger partial charge in [-0.05, 0) is 12.3 Å². The van der Waals surface area contributed by atoms with E-state index in [4.69, 9.17) is 11.6 Å². The number of carbonyl (C=O) groups is 1. The van der Waals surface area contributed by atoms with Crippen LogP contribution in [0.4, 0.5) is 5.82 Å². The Morgan fingerprint density at radius 2 is 2.13 bits per heavy atom. The molecule has 8 nitrogen and oxygen atoms in total. The first kappa shape index (κ1) is 19.3. The van der Waals surface area contributed by atoms with Gasteiger partial charge in [0.25, 0.3) is 5.82 Å². The summed E-state index contributed by atoms with van der Waals surface area (Å²) in [5.74, 6) is 2.23. The van der Waals surface area contributed by atoms with Crippen molar-refractivity contribution in [2.45, 2.75) is 25.8 Å². The second-order valence-corrected chi connectivity index (χ2v) is 8.44. The fraction of sp³-hybridized carbons (Fsp3) is 0.273. The van der Waals surface area contributed by atoms with E-state index in [9.17, 15) is 4.79 Å². The summed E-state index contributed by atoms with van der Waals surface area (Å²) in [6.07, 6.45) is 3.67. The summed E-state index contributed by atoms with van der Waals surface area (Å²) < 4.78 is 3.57. The van der Waals surface area contributed by atoms with E-state index < -0.39 is 0 Å². The summed E-state index contributed by atoms with van der Waals surface area (Å²) in [7, 11) is 1.77. The SMILES string of the molecule is [C-]#[N+]c1csc(-c2cnn(C)c2C(=O)CC2CCn3nc(-c4ccccc4)nc3C2)n1. The smallest absolute Gasteiger partial charge is 0.281 e. The highest BCUT2D eigenvalue weighted by atomic mass is 32.1. The van der Waals surface area contributed by atoms with Crippen molar-refractivity contribution in [2.75, 3.05) is 0 Å². The Bertz CT molecular complexity index is 1300. The molecule has 4 aromatic rings. The molecule has 1 unspecified atom stereocenters. The Balaban J connectivity index is 1.34. The van der Waals surface area contributed by atoms with Crippen LogP contribution in [0.3, 0.4) is 0 Å². The molecule has 4 heterocycles. The summed E-state index contributed by atoms with van der Waals surface area (Å²) >= 11 is 1.36. The van der Waals surface area contributed by atoms with Crippen molar-refractivity contribution >= 4 is 22.9 Å². The first-order valence-electron chi connectivity index (χ1n) is 10.00. The van der Waals surface area contributed by atoms with Crippen LogP contribution in [-0.2, 0) is 20.0 Å². The fourth-order valence-electron chi connectivity index (χ4n) is 3.98. The molecule has 31 heavy (non-hydrogen) atoms. The van der Waals surface area contributed by atoms with E-state index in [2.05, 4.69) is 20.0 Å². The van der Waals surface area contributed by atoms with E-state index >= 15 is 0 Å². The zero-order chi connectivity index (χ0) is 21.4. The van der Waals surface area contributed by atoms with E-state index in [1.807, 2.05) is 35.0 Å². The lowest BCUT2D eigenvalue weighted by Gasteiger charge is -2.21. The standard InChI is InChI=1S/C22H19N7OS/c1-23-18-13-31-22(25-18)16-12-24-28(2)20(16)17(30)10-14-8-9-29-19(11-14)26-21(27-29)15-6-4-3-5-7-15/h3-7,12-14H,8-11H2,2H3. The van der Waals surface area contributed by atoms with Crippen molar-refractivity contribution in [3.05, 3.63) is 64.8 Å². The van der Waals surface area contributed by atoms with E-state index in [-0.39, 0.29) is 11.7 Å². The summed E-state index contributed by atoms with van der Waals surface area (Å²) in [6, 6.07) is 9.94. The number of ketones is 1. The molecule has 9 heteroatoms. The predicted molar refractivity (Wildman–Crippen MR) is 117 cm³/mol. The first-order chi connectivity index (χ1) is 15.1. The molecular weight excluding hydrogens is 410 g/mol. The van der Waals surface area contributed by atoms with Gasteiger partial charge in [0.15, 0.2) is 11.6 Å².